The molecule has 2 aliphatic rings. The Morgan fingerprint density at radius 3 is 2.94 bits per heavy atom. The summed E-state index contributed by atoms with van der Waals surface area (Å²) in [6, 6.07) is 2.30. The first-order valence-corrected chi connectivity index (χ1v) is 6.30. The van der Waals surface area contributed by atoms with Crippen LogP contribution in [0.4, 0.5) is 0 Å². The SMILES string of the molecule is CC1CC[C@@H]2CCN(CC#N)CC(N)C(=O)N12. The highest BCUT2D eigenvalue weighted by Gasteiger charge is 2.38. The predicted octanol–water partition coefficient (Wildman–Crippen LogP) is -0.0775. The van der Waals surface area contributed by atoms with Gasteiger partial charge in [-0.3, -0.25) is 9.69 Å². The minimum Gasteiger partial charge on any atom is -0.336 e. The lowest BCUT2D eigenvalue weighted by Crippen LogP contribution is -2.55. The lowest BCUT2D eigenvalue weighted by atomic mass is 10.1. The molecule has 0 aromatic carbocycles. The Kier molecular flexibility index (Phi) is 3.65. The van der Waals surface area contributed by atoms with Crippen LogP contribution >= 0.6 is 0 Å². The molecule has 2 heterocycles. The van der Waals surface area contributed by atoms with Gasteiger partial charge in [0.1, 0.15) is 0 Å². The van der Waals surface area contributed by atoms with Crippen molar-refractivity contribution in [3.8, 4) is 6.07 Å². The van der Waals surface area contributed by atoms with Gasteiger partial charge in [-0.15, -0.1) is 0 Å². The van der Waals surface area contributed by atoms with Crippen LogP contribution in [0.3, 0.4) is 0 Å². The molecular weight excluding hydrogens is 216 g/mol. The zero-order valence-electron chi connectivity index (χ0n) is 10.3. The van der Waals surface area contributed by atoms with Gasteiger partial charge in [0, 0.05) is 25.2 Å². The minimum absolute atomic E-state index is 0.0580. The Labute approximate surface area is 102 Å². The zero-order valence-corrected chi connectivity index (χ0v) is 10.3. The monoisotopic (exact) mass is 236 g/mol. The van der Waals surface area contributed by atoms with E-state index < -0.39 is 6.04 Å². The fraction of sp³-hybridized carbons (Fsp3) is 0.833. The van der Waals surface area contributed by atoms with Gasteiger partial charge in [0.2, 0.25) is 5.91 Å². The lowest BCUT2D eigenvalue weighted by molar-refractivity contribution is -0.136. The average Bonchev–Trinajstić information content (AvgIpc) is 2.65. The summed E-state index contributed by atoms with van der Waals surface area (Å²) in [5.41, 5.74) is 5.94. The van der Waals surface area contributed by atoms with Crippen LogP contribution < -0.4 is 5.73 Å². The number of nitriles is 1. The van der Waals surface area contributed by atoms with Gasteiger partial charge in [0.25, 0.3) is 0 Å². The standard InChI is InChI=1S/C12H20N4O/c1-9-2-3-10-4-6-15(7-5-13)8-11(14)12(17)16(9)10/h9-11H,2-4,6-8,14H2,1H3/t9?,10-,11?/m1/s1. The first-order chi connectivity index (χ1) is 8.13. The van der Waals surface area contributed by atoms with Gasteiger partial charge in [-0.2, -0.15) is 5.26 Å². The van der Waals surface area contributed by atoms with E-state index in [1.807, 2.05) is 9.80 Å². The first-order valence-electron chi connectivity index (χ1n) is 6.30. The first kappa shape index (κ1) is 12.3. The predicted molar refractivity (Wildman–Crippen MR) is 64.0 cm³/mol. The number of nitrogens with two attached hydrogens (primary N) is 1. The molecule has 2 saturated heterocycles. The smallest absolute Gasteiger partial charge is 0.241 e. The van der Waals surface area contributed by atoms with Gasteiger partial charge in [0.15, 0.2) is 0 Å². The fourth-order valence-electron chi connectivity index (χ4n) is 2.97. The molecule has 0 aromatic rings. The minimum atomic E-state index is -0.480. The van der Waals surface area contributed by atoms with Crippen molar-refractivity contribution in [2.45, 2.75) is 44.3 Å². The third-order valence-electron chi connectivity index (χ3n) is 3.89. The molecule has 0 aliphatic carbocycles. The Morgan fingerprint density at radius 2 is 2.24 bits per heavy atom. The molecule has 94 valence electrons. The van der Waals surface area contributed by atoms with Crippen molar-refractivity contribution in [3.05, 3.63) is 0 Å². The van der Waals surface area contributed by atoms with Crippen molar-refractivity contribution in [2.75, 3.05) is 19.6 Å². The summed E-state index contributed by atoms with van der Waals surface area (Å²) in [4.78, 5) is 16.2. The van der Waals surface area contributed by atoms with Crippen molar-refractivity contribution in [1.82, 2.24) is 9.80 Å². The van der Waals surface area contributed by atoms with Gasteiger partial charge in [-0.05, 0) is 26.2 Å². The maximum Gasteiger partial charge on any atom is 0.241 e. The van der Waals surface area contributed by atoms with Crippen LogP contribution in [0.2, 0.25) is 0 Å². The molecule has 17 heavy (non-hydrogen) atoms. The molecule has 0 radical (unpaired) electrons. The summed E-state index contributed by atoms with van der Waals surface area (Å²) in [6.07, 6.45) is 3.10. The molecule has 3 atom stereocenters. The van der Waals surface area contributed by atoms with E-state index >= 15 is 0 Å². The molecule has 2 unspecified atom stereocenters. The molecule has 0 saturated carbocycles. The summed E-state index contributed by atoms with van der Waals surface area (Å²) < 4.78 is 0. The van der Waals surface area contributed by atoms with Gasteiger partial charge >= 0.3 is 0 Å². The third-order valence-corrected chi connectivity index (χ3v) is 3.89. The van der Waals surface area contributed by atoms with E-state index in [9.17, 15) is 4.79 Å². The average molecular weight is 236 g/mol. The largest absolute Gasteiger partial charge is 0.336 e. The van der Waals surface area contributed by atoms with Crippen molar-refractivity contribution in [3.63, 3.8) is 0 Å². The Hall–Kier alpha value is -1.12. The number of carbonyl (C=O) groups is 1. The van der Waals surface area contributed by atoms with Crippen LogP contribution in [-0.2, 0) is 4.79 Å². The Balaban J connectivity index is 2.11. The molecule has 2 N–H and O–H groups in total. The van der Waals surface area contributed by atoms with Gasteiger partial charge in [-0.25, -0.2) is 0 Å². The Bertz CT molecular complexity index is 338. The normalized spacial score (nSPS) is 35.0. The number of hydrogen-bond donors (Lipinski definition) is 1. The third kappa shape index (κ3) is 2.43. The van der Waals surface area contributed by atoms with Crippen molar-refractivity contribution in [1.29, 1.82) is 5.26 Å². The number of rotatable bonds is 1. The molecule has 0 spiro atoms. The maximum absolute atomic E-state index is 12.2. The number of fused-ring (bicyclic) bond motifs is 1. The summed E-state index contributed by atoms with van der Waals surface area (Å²) in [5, 5.41) is 8.73. The number of nitrogens with zero attached hydrogens (tertiary/aromatic N) is 3. The van der Waals surface area contributed by atoms with Gasteiger partial charge < -0.3 is 10.6 Å². The van der Waals surface area contributed by atoms with Crippen LogP contribution in [0.25, 0.3) is 0 Å². The van der Waals surface area contributed by atoms with Crippen LogP contribution in [-0.4, -0.2) is 53.5 Å². The summed E-state index contributed by atoms with van der Waals surface area (Å²) in [6.45, 7) is 3.83. The second kappa shape index (κ2) is 5.03. The van der Waals surface area contributed by atoms with Crippen molar-refractivity contribution >= 4 is 5.91 Å². The van der Waals surface area contributed by atoms with E-state index in [1.165, 1.54) is 0 Å². The van der Waals surface area contributed by atoms with Crippen LogP contribution in [0.1, 0.15) is 26.2 Å². The molecule has 0 aromatic heterocycles. The molecule has 5 heteroatoms. The summed E-state index contributed by atoms with van der Waals surface area (Å²) in [7, 11) is 0. The molecule has 2 rings (SSSR count). The summed E-state index contributed by atoms with van der Waals surface area (Å²) >= 11 is 0. The van der Waals surface area contributed by atoms with Crippen molar-refractivity contribution < 1.29 is 4.79 Å². The van der Waals surface area contributed by atoms with Crippen LogP contribution in [0, 0.1) is 11.3 Å². The second-order valence-corrected chi connectivity index (χ2v) is 5.11. The van der Waals surface area contributed by atoms with E-state index in [2.05, 4.69) is 13.0 Å². The van der Waals surface area contributed by atoms with Crippen molar-refractivity contribution in [2.24, 2.45) is 5.73 Å². The second-order valence-electron chi connectivity index (χ2n) is 5.11. The molecular formula is C12H20N4O. The number of amides is 1. The van der Waals surface area contributed by atoms with E-state index in [0.29, 0.717) is 25.2 Å². The highest BCUT2D eigenvalue weighted by Crippen LogP contribution is 2.28. The molecule has 0 bridgehead atoms. The molecule has 2 aliphatic heterocycles. The van der Waals surface area contributed by atoms with E-state index in [4.69, 9.17) is 11.0 Å². The lowest BCUT2D eigenvalue weighted by Gasteiger charge is -2.36. The highest BCUT2D eigenvalue weighted by atomic mass is 16.2. The van der Waals surface area contributed by atoms with E-state index in [0.717, 1.165) is 25.8 Å². The van der Waals surface area contributed by atoms with E-state index in [1.54, 1.807) is 0 Å². The number of carbonyl (C=O) groups excluding carboxylic acids is 1. The zero-order chi connectivity index (χ0) is 12.4. The van der Waals surface area contributed by atoms with Crippen LogP contribution in [0.15, 0.2) is 0 Å². The maximum atomic E-state index is 12.2. The topological polar surface area (TPSA) is 73.4 Å². The van der Waals surface area contributed by atoms with E-state index in [-0.39, 0.29) is 5.91 Å². The fourth-order valence-corrected chi connectivity index (χ4v) is 2.97. The van der Waals surface area contributed by atoms with Gasteiger partial charge in [0.05, 0.1) is 18.7 Å². The molecule has 2 fully saturated rings. The quantitative estimate of drug-likeness (QED) is 0.646. The Morgan fingerprint density at radius 1 is 1.47 bits per heavy atom. The molecule has 5 nitrogen and oxygen atoms in total. The highest BCUT2D eigenvalue weighted by molar-refractivity contribution is 5.83. The van der Waals surface area contributed by atoms with Gasteiger partial charge in [-0.1, -0.05) is 0 Å². The summed E-state index contributed by atoms with van der Waals surface area (Å²) in [5.74, 6) is 0.0580. The molecule has 1 amide bonds. The van der Waals surface area contributed by atoms with Crippen LogP contribution in [0.5, 0.6) is 0 Å². The number of hydrogen-bond acceptors (Lipinski definition) is 4.